The van der Waals surface area contributed by atoms with E-state index >= 15 is 0 Å². The molecule has 0 radical (unpaired) electrons. The molecule has 0 fully saturated rings. The third-order valence-corrected chi connectivity index (χ3v) is 9.83. The first kappa shape index (κ1) is 23.9. The fourth-order valence-corrected chi connectivity index (χ4v) is 7.90. The molecule has 3 aliphatic rings. The molecular formula is C43H27N. The van der Waals surface area contributed by atoms with E-state index in [1.54, 1.807) is 0 Å². The van der Waals surface area contributed by atoms with Crippen molar-refractivity contribution in [2.24, 2.45) is 0 Å². The highest BCUT2D eigenvalue weighted by Gasteiger charge is 2.24. The number of fused-ring (bicyclic) bond motifs is 6. The molecule has 0 aromatic heterocycles. The zero-order chi connectivity index (χ0) is 28.8. The molecule has 0 bridgehead atoms. The second-order valence-electron chi connectivity index (χ2n) is 12.1. The van der Waals surface area contributed by atoms with E-state index in [-0.39, 0.29) is 0 Å². The molecule has 0 amide bonds. The predicted octanol–water partition coefficient (Wildman–Crippen LogP) is 11.1. The molecule has 0 unspecified atom stereocenters. The molecule has 1 nitrogen and oxygen atoms in total. The normalized spacial score (nSPS) is 13.6. The van der Waals surface area contributed by atoms with E-state index in [4.69, 9.17) is 0 Å². The summed E-state index contributed by atoms with van der Waals surface area (Å²) < 4.78 is 0. The van der Waals surface area contributed by atoms with Crippen LogP contribution in [0.25, 0.3) is 93.9 Å². The Morgan fingerprint density at radius 3 is 1.30 bits per heavy atom. The first-order valence-corrected chi connectivity index (χ1v) is 15.4. The molecule has 2 aliphatic carbocycles. The quantitative estimate of drug-likeness (QED) is 0.228. The standard InChI is InChI=1S/C43H27N/c1-3-11-34-32(9-1)38-15-5-13-36-30(17-19-40(34)42(36)38)28-22-27(26-8-7-21-44-25-26)23-29(24-28)31-18-20-41-35-12-4-2-10-33(35)39-16-6-14-37(31)43(39)41/h1-24,44H,25H2. The Morgan fingerprint density at radius 1 is 0.386 bits per heavy atom. The highest BCUT2D eigenvalue weighted by atomic mass is 14.8. The number of rotatable bonds is 3. The van der Waals surface area contributed by atoms with Crippen molar-refractivity contribution in [3.8, 4) is 66.8 Å². The van der Waals surface area contributed by atoms with Crippen LogP contribution in [0.2, 0.25) is 0 Å². The summed E-state index contributed by atoms with van der Waals surface area (Å²) in [6, 6.07) is 47.7. The molecular weight excluding hydrogens is 530 g/mol. The lowest BCUT2D eigenvalue weighted by Crippen LogP contribution is -2.11. The van der Waals surface area contributed by atoms with Gasteiger partial charge in [-0.25, -0.2) is 0 Å². The number of hydrogen-bond donors (Lipinski definition) is 1. The monoisotopic (exact) mass is 557 g/mol. The summed E-state index contributed by atoms with van der Waals surface area (Å²) in [4.78, 5) is 0. The van der Waals surface area contributed by atoms with Gasteiger partial charge in [0.25, 0.3) is 0 Å². The van der Waals surface area contributed by atoms with Crippen molar-refractivity contribution in [3.05, 3.63) is 151 Å². The van der Waals surface area contributed by atoms with Crippen LogP contribution in [0.4, 0.5) is 0 Å². The van der Waals surface area contributed by atoms with Gasteiger partial charge in [-0.2, -0.15) is 0 Å². The van der Waals surface area contributed by atoms with Gasteiger partial charge < -0.3 is 5.32 Å². The van der Waals surface area contributed by atoms with Crippen molar-refractivity contribution in [3.63, 3.8) is 0 Å². The Morgan fingerprint density at radius 2 is 0.818 bits per heavy atom. The van der Waals surface area contributed by atoms with Crippen molar-refractivity contribution in [2.45, 2.75) is 0 Å². The van der Waals surface area contributed by atoms with Crippen LogP contribution in [0, 0.1) is 0 Å². The SMILES string of the molecule is C1=CNCC(c2cc(-c3ccc4c5c(cccc35)-c3ccccc3-4)cc(-c3ccc4c5c(cccc35)-c3ccccc3-4)c2)=C1. The maximum atomic E-state index is 3.43. The summed E-state index contributed by atoms with van der Waals surface area (Å²) in [6.07, 6.45) is 6.38. The van der Waals surface area contributed by atoms with Crippen molar-refractivity contribution in [1.29, 1.82) is 0 Å². The number of hydrogen-bond acceptors (Lipinski definition) is 1. The van der Waals surface area contributed by atoms with Gasteiger partial charge in [0.15, 0.2) is 0 Å². The van der Waals surface area contributed by atoms with Gasteiger partial charge in [-0.05, 0) is 130 Å². The third kappa shape index (κ3) is 3.24. The van der Waals surface area contributed by atoms with Crippen LogP contribution in [0.3, 0.4) is 0 Å². The highest BCUT2D eigenvalue weighted by Crippen LogP contribution is 2.51. The number of nitrogens with one attached hydrogen (secondary N) is 1. The lowest BCUT2D eigenvalue weighted by atomic mass is 9.88. The van der Waals surface area contributed by atoms with Gasteiger partial charge in [-0.1, -0.05) is 115 Å². The first-order valence-electron chi connectivity index (χ1n) is 15.4. The molecule has 0 saturated heterocycles. The second-order valence-corrected chi connectivity index (χ2v) is 12.1. The Balaban J connectivity index is 1.23. The van der Waals surface area contributed by atoms with Gasteiger partial charge in [0.1, 0.15) is 0 Å². The van der Waals surface area contributed by atoms with Crippen LogP contribution < -0.4 is 5.32 Å². The summed E-state index contributed by atoms with van der Waals surface area (Å²) in [5.74, 6) is 0. The van der Waals surface area contributed by atoms with Crippen LogP contribution in [0.15, 0.2) is 146 Å². The van der Waals surface area contributed by atoms with Crippen LogP contribution in [-0.4, -0.2) is 6.54 Å². The Bertz CT molecular complexity index is 2230. The molecule has 0 saturated carbocycles. The smallest absolute Gasteiger partial charge is 0.0401 e. The van der Waals surface area contributed by atoms with Gasteiger partial charge in [-0.3, -0.25) is 0 Å². The third-order valence-electron chi connectivity index (χ3n) is 9.83. The predicted molar refractivity (Wildman–Crippen MR) is 186 cm³/mol. The van der Waals surface area contributed by atoms with Crippen molar-refractivity contribution in [2.75, 3.05) is 6.54 Å². The summed E-state index contributed by atoms with van der Waals surface area (Å²) >= 11 is 0. The minimum Gasteiger partial charge on any atom is -0.387 e. The summed E-state index contributed by atoms with van der Waals surface area (Å²) in [5, 5.41) is 8.78. The van der Waals surface area contributed by atoms with Crippen LogP contribution in [-0.2, 0) is 0 Å². The molecule has 0 spiro atoms. The van der Waals surface area contributed by atoms with Gasteiger partial charge in [0.05, 0.1) is 0 Å². The molecule has 204 valence electrons. The zero-order valence-electron chi connectivity index (χ0n) is 24.1. The topological polar surface area (TPSA) is 12.0 Å². The molecule has 1 N–H and O–H groups in total. The van der Waals surface area contributed by atoms with Crippen molar-refractivity contribution >= 4 is 27.1 Å². The van der Waals surface area contributed by atoms with E-state index in [2.05, 4.69) is 145 Å². The van der Waals surface area contributed by atoms with Crippen LogP contribution in [0.1, 0.15) is 5.56 Å². The minimum absolute atomic E-state index is 0.817. The van der Waals surface area contributed by atoms with Crippen molar-refractivity contribution < 1.29 is 0 Å². The Hall–Kier alpha value is -5.66. The molecule has 1 heterocycles. The van der Waals surface area contributed by atoms with Gasteiger partial charge in [-0.15, -0.1) is 0 Å². The molecule has 10 rings (SSSR count). The maximum absolute atomic E-state index is 3.43. The molecule has 44 heavy (non-hydrogen) atoms. The van der Waals surface area contributed by atoms with Gasteiger partial charge in [0, 0.05) is 6.54 Å². The van der Waals surface area contributed by atoms with E-state index in [1.165, 1.54) is 99.4 Å². The highest BCUT2D eigenvalue weighted by molar-refractivity contribution is 6.20. The lowest BCUT2D eigenvalue weighted by Gasteiger charge is -2.18. The van der Waals surface area contributed by atoms with E-state index in [9.17, 15) is 0 Å². The summed E-state index contributed by atoms with van der Waals surface area (Å²) in [7, 11) is 0. The average Bonchev–Trinajstić information content (AvgIpc) is 3.60. The lowest BCUT2D eigenvalue weighted by molar-refractivity contribution is 0.986. The molecule has 7 aromatic carbocycles. The Kier molecular flexibility index (Phi) is 4.84. The van der Waals surface area contributed by atoms with Crippen molar-refractivity contribution in [1.82, 2.24) is 5.32 Å². The zero-order valence-corrected chi connectivity index (χ0v) is 24.1. The van der Waals surface area contributed by atoms with Gasteiger partial charge in [0.2, 0.25) is 0 Å². The number of allylic oxidation sites excluding steroid dienone is 2. The summed E-state index contributed by atoms with van der Waals surface area (Å²) in [6.45, 7) is 0.817. The van der Waals surface area contributed by atoms with E-state index in [0.717, 1.165) is 6.54 Å². The molecule has 0 atom stereocenters. The first-order chi connectivity index (χ1) is 21.8. The van der Waals surface area contributed by atoms with E-state index < -0.39 is 0 Å². The van der Waals surface area contributed by atoms with E-state index in [0.29, 0.717) is 0 Å². The van der Waals surface area contributed by atoms with E-state index in [1.807, 2.05) is 6.20 Å². The molecule has 1 aliphatic heterocycles. The fraction of sp³-hybridized carbons (Fsp3) is 0.0233. The fourth-order valence-electron chi connectivity index (χ4n) is 7.90. The van der Waals surface area contributed by atoms with Crippen LogP contribution >= 0.6 is 0 Å². The number of dihydropyridines is 1. The number of benzene rings is 7. The average molecular weight is 558 g/mol. The maximum Gasteiger partial charge on any atom is 0.0401 e. The van der Waals surface area contributed by atoms with Crippen LogP contribution in [0.5, 0.6) is 0 Å². The molecule has 7 aromatic rings. The molecule has 1 heteroatoms. The second kappa shape index (κ2) is 8.92. The van der Waals surface area contributed by atoms with Gasteiger partial charge >= 0.3 is 0 Å². The largest absolute Gasteiger partial charge is 0.387 e. The minimum atomic E-state index is 0.817. The summed E-state index contributed by atoms with van der Waals surface area (Å²) in [5.41, 5.74) is 18.3. The Labute approximate surface area is 256 Å².